The molecule has 0 bridgehead atoms. The van der Waals surface area contributed by atoms with Crippen molar-refractivity contribution in [1.29, 1.82) is 0 Å². The van der Waals surface area contributed by atoms with Crippen LogP contribution in [-0.2, 0) is 12.8 Å². The summed E-state index contributed by atoms with van der Waals surface area (Å²) in [5.41, 5.74) is 8.97. The van der Waals surface area contributed by atoms with Crippen LogP contribution in [0.5, 0.6) is 5.75 Å². The molecule has 0 aliphatic heterocycles. The maximum atomic E-state index is 9.79. The van der Waals surface area contributed by atoms with Gasteiger partial charge in [0.15, 0.2) is 0 Å². The lowest BCUT2D eigenvalue weighted by molar-refractivity contribution is 0.470. The van der Waals surface area contributed by atoms with E-state index in [9.17, 15) is 5.11 Å². The van der Waals surface area contributed by atoms with E-state index in [0.717, 1.165) is 30.6 Å². The van der Waals surface area contributed by atoms with Crippen LogP contribution >= 0.6 is 0 Å². The number of phenols is 1. The summed E-state index contributed by atoms with van der Waals surface area (Å²) in [6.07, 6.45) is 4.77. The molecule has 0 radical (unpaired) electrons. The van der Waals surface area contributed by atoms with Crippen LogP contribution in [0.4, 0.5) is 0 Å². The van der Waals surface area contributed by atoms with Gasteiger partial charge in [-0.3, -0.25) is 0 Å². The zero-order valence-corrected chi connectivity index (χ0v) is 9.50. The van der Waals surface area contributed by atoms with E-state index < -0.39 is 0 Å². The number of phenolic OH excluding ortho intramolecular Hbond substituents is 1. The van der Waals surface area contributed by atoms with E-state index in [1.165, 1.54) is 5.56 Å². The van der Waals surface area contributed by atoms with Crippen molar-refractivity contribution in [2.75, 3.05) is 0 Å². The van der Waals surface area contributed by atoms with Gasteiger partial charge in [-0.2, -0.15) is 5.10 Å². The van der Waals surface area contributed by atoms with Crippen molar-refractivity contribution in [3.63, 3.8) is 0 Å². The Labute approximate surface area is 99.7 Å². The summed E-state index contributed by atoms with van der Waals surface area (Å²) < 4.78 is 1.75. The molecule has 1 aliphatic carbocycles. The van der Waals surface area contributed by atoms with Gasteiger partial charge in [0.05, 0.1) is 5.69 Å². The Morgan fingerprint density at radius 2 is 2.18 bits per heavy atom. The highest BCUT2D eigenvalue weighted by Crippen LogP contribution is 2.24. The molecule has 88 valence electrons. The Kier molecular flexibility index (Phi) is 2.37. The standard InChI is InChI=1S/C13H15N3O/c14-10-5-6-11-9(7-10)8-16(15-11)12-3-1-2-4-13(12)17/h1-4,8,10,17H,5-7,14H2. The van der Waals surface area contributed by atoms with Crippen molar-refractivity contribution in [1.82, 2.24) is 9.78 Å². The highest BCUT2D eigenvalue weighted by Gasteiger charge is 2.19. The lowest BCUT2D eigenvalue weighted by Gasteiger charge is -2.15. The van der Waals surface area contributed by atoms with Gasteiger partial charge in [0, 0.05) is 12.2 Å². The predicted octanol–water partition coefficient (Wildman–Crippen LogP) is 1.39. The highest BCUT2D eigenvalue weighted by molar-refractivity contribution is 5.45. The lowest BCUT2D eigenvalue weighted by Crippen LogP contribution is -2.27. The van der Waals surface area contributed by atoms with Crippen LogP contribution < -0.4 is 5.73 Å². The van der Waals surface area contributed by atoms with Gasteiger partial charge in [0.2, 0.25) is 0 Å². The van der Waals surface area contributed by atoms with Gasteiger partial charge in [-0.1, -0.05) is 12.1 Å². The molecule has 1 atom stereocenters. The van der Waals surface area contributed by atoms with Crippen molar-refractivity contribution in [3.8, 4) is 11.4 Å². The number of benzene rings is 1. The number of hydrogen-bond donors (Lipinski definition) is 2. The molecule has 0 saturated heterocycles. The minimum atomic E-state index is 0.240. The average Bonchev–Trinajstić information content (AvgIpc) is 2.72. The quantitative estimate of drug-likeness (QED) is 0.776. The number of fused-ring (bicyclic) bond motifs is 1. The normalized spacial score (nSPS) is 19.0. The Balaban J connectivity index is 2.03. The van der Waals surface area contributed by atoms with Crippen molar-refractivity contribution in [2.24, 2.45) is 5.73 Å². The van der Waals surface area contributed by atoms with Gasteiger partial charge in [0.1, 0.15) is 11.4 Å². The molecule has 0 saturated carbocycles. The molecule has 1 aromatic heterocycles. The SMILES string of the molecule is NC1CCc2nn(-c3ccccc3O)cc2C1. The molecule has 0 spiro atoms. The van der Waals surface area contributed by atoms with Gasteiger partial charge in [-0.25, -0.2) is 4.68 Å². The van der Waals surface area contributed by atoms with E-state index in [0.29, 0.717) is 0 Å². The smallest absolute Gasteiger partial charge is 0.141 e. The molecule has 1 aliphatic rings. The zero-order valence-electron chi connectivity index (χ0n) is 9.50. The van der Waals surface area contributed by atoms with Gasteiger partial charge in [-0.15, -0.1) is 0 Å². The van der Waals surface area contributed by atoms with Gasteiger partial charge in [-0.05, 0) is 37.0 Å². The van der Waals surface area contributed by atoms with E-state index in [1.807, 2.05) is 18.3 Å². The van der Waals surface area contributed by atoms with Crippen molar-refractivity contribution in [2.45, 2.75) is 25.3 Å². The van der Waals surface area contributed by atoms with Crippen LogP contribution in [0.3, 0.4) is 0 Å². The topological polar surface area (TPSA) is 64.1 Å². The van der Waals surface area contributed by atoms with E-state index in [1.54, 1.807) is 16.8 Å². The number of aromatic nitrogens is 2. The summed E-state index contributed by atoms with van der Waals surface area (Å²) in [5, 5.41) is 14.3. The first kappa shape index (κ1) is 10.4. The number of nitrogens with two attached hydrogens (primary N) is 1. The Bertz CT molecular complexity index is 547. The fraction of sp³-hybridized carbons (Fsp3) is 0.308. The first-order valence-electron chi connectivity index (χ1n) is 5.85. The Morgan fingerprint density at radius 1 is 1.35 bits per heavy atom. The third-order valence-electron chi connectivity index (χ3n) is 3.24. The molecule has 3 N–H and O–H groups in total. The molecular formula is C13H15N3O. The number of aryl methyl sites for hydroxylation is 1. The van der Waals surface area contributed by atoms with E-state index in [-0.39, 0.29) is 11.8 Å². The minimum Gasteiger partial charge on any atom is -0.506 e. The Hall–Kier alpha value is -1.81. The van der Waals surface area contributed by atoms with E-state index in [2.05, 4.69) is 5.10 Å². The van der Waals surface area contributed by atoms with Crippen LogP contribution in [0, 0.1) is 0 Å². The second kappa shape index (κ2) is 3.89. The van der Waals surface area contributed by atoms with Crippen molar-refractivity contribution >= 4 is 0 Å². The summed E-state index contributed by atoms with van der Waals surface area (Å²) in [4.78, 5) is 0. The minimum absolute atomic E-state index is 0.240. The molecule has 1 unspecified atom stereocenters. The Morgan fingerprint density at radius 3 is 3.00 bits per heavy atom. The molecule has 3 rings (SSSR count). The van der Waals surface area contributed by atoms with Gasteiger partial charge in [0.25, 0.3) is 0 Å². The fourth-order valence-corrected chi connectivity index (χ4v) is 2.31. The average molecular weight is 229 g/mol. The van der Waals surface area contributed by atoms with Crippen LogP contribution in [-0.4, -0.2) is 20.9 Å². The lowest BCUT2D eigenvalue weighted by atomic mass is 9.94. The molecule has 17 heavy (non-hydrogen) atoms. The monoisotopic (exact) mass is 229 g/mol. The van der Waals surface area contributed by atoms with Crippen LogP contribution in [0.15, 0.2) is 30.5 Å². The van der Waals surface area contributed by atoms with Crippen LogP contribution in [0.2, 0.25) is 0 Å². The largest absolute Gasteiger partial charge is 0.506 e. The molecule has 2 aromatic rings. The summed E-state index contributed by atoms with van der Waals surface area (Å²) in [6.45, 7) is 0. The van der Waals surface area contributed by atoms with Crippen molar-refractivity contribution < 1.29 is 5.11 Å². The number of para-hydroxylation sites is 2. The second-order valence-electron chi connectivity index (χ2n) is 4.54. The molecule has 0 amide bonds. The van der Waals surface area contributed by atoms with Gasteiger partial charge >= 0.3 is 0 Å². The van der Waals surface area contributed by atoms with E-state index >= 15 is 0 Å². The summed E-state index contributed by atoms with van der Waals surface area (Å²) in [7, 11) is 0. The van der Waals surface area contributed by atoms with Gasteiger partial charge < -0.3 is 10.8 Å². The third-order valence-corrected chi connectivity index (χ3v) is 3.24. The number of nitrogens with zero attached hydrogens (tertiary/aromatic N) is 2. The van der Waals surface area contributed by atoms with Crippen molar-refractivity contribution in [3.05, 3.63) is 41.7 Å². The third kappa shape index (κ3) is 1.80. The molecule has 0 fully saturated rings. The predicted molar refractivity (Wildman–Crippen MR) is 65.2 cm³/mol. The summed E-state index contributed by atoms with van der Waals surface area (Å²) >= 11 is 0. The number of rotatable bonds is 1. The highest BCUT2D eigenvalue weighted by atomic mass is 16.3. The molecule has 1 heterocycles. The molecule has 4 heteroatoms. The first-order chi connectivity index (χ1) is 8.24. The summed E-state index contributed by atoms with van der Waals surface area (Å²) in [6, 6.07) is 7.46. The fourth-order valence-electron chi connectivity index (χ4n) is 2.31. The van der Waals surface area contributed by atoms with Crippen LogP contribution in [0.25, 0.3) is 5.69 Å². The second-order valence-corrected chi connectivity index (χ2v) is 4.54. The maximum absolute atomic E-state index is 9.79. The first-order valence-corrected chi connectivity index (χ1v) is 5.85. The number of hydrogen-bond acceptors (Lipinski definition) is 3. The van der Waals surface area contributed by atoms with E-state index in [4.69, 9.17) is 5.73 Å². The maximum Gasteiger partial charge on any atom is 0.141 e. The number of aromatic hydroxyl groups is 1. The zero-order chi connectivity index (χ0) is 11.8. The molecule has 4 nitrogen and oxygen atoms in total. The van der Waals surface area contributed by atoms with Crippen LogP contribution in [0.1, 0.15) is 17.7 Å². The summed E-state index contributed by atoms with van der Waals surface area (Å²) in [5.74, 6) is 0.247. The molecular weight excluding hydrogens is 214 g/mol. The molecule has 1 aromatic carbocycles.